The van der Waals surface area contributed by atoms with Gasteiger partial charge in [-0.25, -0.2) is 0 Å². The molecule has 0 aliphatic carbocycles. The molecule has 0 aromatic rings. The van der Waals surface area contributed by atoms with E-state index in [0.717, 1.165) is 12.5 Å². The van der Waals surface area contributed by atoms with Gasteiger partial charge in [0.15, 0.2) is 0 Å². The molecule has 3 saturated heterocycles. The number of piperidine rings is 3. The molecule has 66 valence electrons. The number of nitrogens with zero attached hydrogens (tertiary/aromatic N) is 1. The Kier molecular flexibility index (Phi) is 3.07. The fourth-order valence-electron chi connectivity index (χ4n) is 2.01. The van der Waals surface area contributed by atoms with Crippen molar-refractivity contribution in [2.45, 2.75) is 16.9 Å². The van der Waals surface area contributed by atoms with Gasteiger partial charge in [-0.2, -0.15) is 25.3 Å². The van der Waals surface area contributed by atoms with Crippen LogP contribution in [0.4, 0.5) is 0 Å². The monoisotopic (exact) mass is 211 g/mol. The second-order valence-electron chi connectivity index (χ2n) is 3.43. The average Bonchev–Trinajstić information content (AvgIpc) is 1.87. The average molecular weight is 212 g/mol. The second-order valence-corrected chi connectivity index (χ2v) is 5.38. The first-order chi connectivity index (χ1) is 4.68. The van der Waals surface area contributed by atoms with Gasteiger partial charge < -0.3 is 4.90 Å². The van der Waals surface area contributed by atoms with Gasteiger partial charge in [0.05, 0.1) is 4.08 Å². The molecule has 1 nitrogen and oxygen atoms in total. The number of halogens is 1. The van der Waals surface area contributed by atoms with E-state index in [1.54, 1.807) is 0 Å². The first kappa shape index (κ1) is 10.0. The van der Waals surface area contributed by atoms with Crippen LogP contribution in [0.3, 0.4) is 0 Å². The summed E-state index contributed by atoms with van der Waals surface area (Å²) in [5, 5.41) is 0. The van der Waals surface area contributed by atoms with E-state index in [4.69, 9.17) is 0 Å². The van der Waals surface area contributed by atoms with E-state index in [1.807, 2.05) is 0 Å². The highest BCUT2D eigenvalue weighted by Crippen LogP contribution is 2.42. The van der Waals surface area contributed by atoms with Crippen LogP contribution in [-0.4, -0.2) is 28.6 Å². The Bertz CT molecular complexity index is 143. The highest BCUT2D eigenvalue weighted by molar-refractivity contribution is 8.00. The minimum Gasteiger partial charge on any atom is -0.301 e. The Morgan fingerprint density at radius 2 is 1.73 bits per heavy atom. The lowest BCUT2D eigenvalue weighted by Crippen LogP contribution is -2.53. The smallest absolute Gasteiger partial charge is 0.0707 e. The molecule has 0 spiro atoms. The Morgan fingerprint density at radius 3 is 1.91 bits per heavy atom. The predicted molar refractivity (Wildman–Crippen MR) is 57.1 cm³/mol. The maximum absolute atomic E-state index is 4.55. The van der Waals surface area contributed by atoms with Crippen molar-refractivity contribution >= 4 is 37.7 Å². The van der Waals surface area contributed by atoms with Crippen molar-refractivity contribution in [2.75, 3.05) is 19.6 Å². The first-order valence-corrected chi connectivity index (χ1v) is 4.75. The molecule has 0 amide bonds. The Hall–Kier alpha value is 0.950. The molecule has 0 radical (unpaired) electrons. The summed E-state index contributed by atoms with van der Waals surface area (Å²) in [5.41, 5.74) is 0. The van der Waals surface area contributed by atoms with E-state index >= 15 is 0 Å². The number of fused-ring (bicyclic) bond motifs is 3. The quantitative estimate of drug-likeness (QED) is 0.456. The van der Waals surface area contributed by atoms with Crippen LogP contribution in [0.2, 0.25) is 0 Å². The molecule has 11 heavy (non-hydrogen) atoms. The zero-order valence-electron chi connectivity index (χ0n) is 6.36. The minimum absolute atomic E-state index is 0. The largest absolute Gasteiger partial charge is 0.301 e. The van der Waals surface area contributed by atoms with E-state index in [1.165, 1.54) is 25.9 Å². The van der Waals surface area contributed by atoms with Crippen molar-refractivity contribution < 1.29 is 0 Å². The van der Waals surface area contributed by atoms with Gasteiger partial charge >= 0.3 is 0 Å². The fourth-order valence-corrected chi connectivity index (χ4v) is 2.93. The molecule has 0 unspecified atom stereocenters. The van der Waals surface area contributed by atoms with Crippen LogP contribution >= 0.6 is 37.7 Å². The minimum atomic E-state index is 0. The molecule has 0 atom stereocenters. The van der Waals surface area contributed by atoms with Crippen molar-refractivity contribution in [1.82, 2.24) is 4.90 Å². The number of hydrogen-bond acceptors (Lipinski definition) is 3. The standard InChI is InChI=1S/C7H13NS2.ClH/c9-7(10)5-8-3-1-6(7)2-4-8;/h6,9-10H,1-5H2;1H. The van der Waals surface area contributed by atoms with E-state index < -0.39 is 0 Å². The SMILES string of the molecule is Cl.SC1(S)CN2CCC1CC2. The topological polar surface area (TPSA) is 3.24 Å². The molecular weight excluding hydrogens is 198 g/mol. The Balaban J connectivity index is 0.000000605. The van der Waals surface area contributed by atoms with E-state index in [-0.39, 0.29) is 16.5 Å². The summed E-state index contributed by atoms with van der Waals surface area (Å²) in [6.45, 7) is 3.62. The van der Waals surface area contributed by atoms with Gasteiger partial charge in [-0.3, -0.25) is 0 Å². The lowest BCUT2D eigenvalue weighted by atomic mass is 9.87. The number of rotatable bonds is 0. The number of thiol groups is 2. The lowest BCUT2D eigenvalue weighted by Gasteiger charge is -2.48. The molecule has 3 rings (SSSR count). The summed E-state index contributed by atoms with van der Waals surface area (Å²) >= 11 is 9.09. The van der Waals surface area contributed by atoms with Crippen LogP contribution in [0.1, 0.15) is 12.8 Å². The van der Waals surface area contributed by atoms with Crippen molar-refractivity contribution in [2.24, 2.45) is 5.92 Å². The van der Waals surface area contributed by atoms with Gasteiger partial charge in [0.25, 0.3) is 0 Å². The predicted octanol–water partition coefficient (Wildman–Crippen LogP) is 1.69. The zero-order valence-corrected chi connectivity index (χ0v) is 8.97. The number of hydrogen-bond donors (Lipinski definition) is 2. The van der Waals surface area contributed by atoms with Gasteiger partial charge in [-0.1, -0.05) is 0 Å². The highest BCUT2D eigenvalue weighted by atomic mass is 35.5. The summed E-state index contributed by atoms with van der Waals surface area (Å²) < 4.78 is 0.0104. The van der Waals surface area contributed by atoms with Gasteiger partial charge in [0, 0.05) is 6.54 Å². The normalized spacial score (nSPS) is 39.8. The fraction of sp³-hybridized carbons (Fsp3) is 1.00. The van der Waals surface area contributed by atoms with Crippen molar-refractivity contribution in [3.05, 3.63) is 0 Å². The molecular formula is C7H14ClNS2. The van der Waals surface area contributed by atoms with Crippen molar-refractivity contribution in [1.29, 1.82) is 0 Å². The molecule has 0 aromatic carbocycles. The van der Waals surface area contributed by atoms with Gasteiger partial charge in [0.1, 0.15) is 0 Å². The molecule has 4 heteroatoms. The van der Waals surface area contributed by atoms with Crippen LogP contribution in [-0.2, 0) is 0 Å². The molecule has 3 aliphatic rings. The highest BCUT2D eigenvalue weighted by Gasteiger charge is 2.41. The van der Waals surface area contributed by atoms with Crippen LogP contribution in [0.5, 0.6) is 0 Å². The molecule has 3 heterocycles. The first-order valence-electron chi connectivity index (χ1n) is 3.85. The summed E-state index contributed by atoms with van der Waals surface area (Å²) in [5.74, 6) is 0.754. The van der Waals surface area contributed by atoms with E-state index in [0.29, 0.717) is 0 Å². The summed E-state index contributed by atoms with van der Waals surface area (Å²) in [6.07, 6.45) is 2.60. The summed E-state index contributed by atoms with van der Waals surface area (Å²) in [7, 11) is 0. The maximum Gasteiger partial charge on any atom is 0.0707 e. The maximum atomic E-state index is 4.55. The zero-order chi connectivity index (χ0) is 7.19. The van der Waals surface area contributed by atoms with Gasteiger partial charge in [-0.05, 0) is 31.8 Å². The van der Waals surface area contributed by atoms with E-state index in [2.05, 4.69) is 30.2 Å². The van der Waals surface area contributed by atoms with Crippen LogP contribution in [0.25, 0.3) is 0 Å². The molecule has 3 fully saturated rings. The molecule has 0 saturated carbocycles. The second kappa shape index (κ2) is 3.36. The van der Waals surface area contributed by atoms with Crippen molar-refractivity contribution in [3.63, 3.8) is 0 Å². The third-order valence-electron chi connectivity index (χ3n) is 2.70. The van der Waals surface area contributed by atoms with Crippen LogP contribution in [0, 0.1) is 5.92 Å². The summed E-state index contributed by atoms with van der Waals surface area (Å²) in [6, 6.07) is 0. The van der Waals surface area contributed by atoms with Crippen LogP contribution in [0.15, 0.2) is 0 Å². The van der Waals surface area contributed by atoms with Crippen molar-refractivity contribution in [3.8, 4) is 0 Å². The third kappa shape index (κ3) is 1.82. The Morgan fingerprint density at radius 1 is 1.18 bits per heavy atom. The van der Waals surface area contributed by atoms with E-state index in [9.17, 15) is 0 Å². The summed E-state index contributed by atoms with van der Waals surface area (Å²) in [4.78, 5) is 2.46. The molecule has 0 aromatic heterocycles. The third-order valence-corrected chi connectivity index (χ3v) is 3.71. The van der Waals surface area contributed by atoms with Gasteiger partial charge in [0.2, 0.25) is 0 Å². The molecule has 2 bridgehead atoms. The lowest BCUT2D eigenvalue weighted by molar-refractivity contribution is 0.108. The van der Waals surface area contributed by atoms with Crippen LogP contribution < -0.4 is 0 Å². The molecule has 3 aliphatic heterocycles. The molecule has 0 N–H and O–H groups in total. The van der Waals surface area contributed by atoms with Gasteiger partial charge in [-0.15, -0.1) is 12.4 Å². The Labute approximate surface area is 85.1 Å².